The minimum Gasteiger partial charge on any atom is -0.477 e. The van der Waals surface area contributed by atoms with Crippen LogP contribution in [0.4, 0.5) is 10.1 Å². The molecule has 2 aromatic rings. The Morgan fingerprint density at radius 3 is 2.45 bits per heavy atom. The second-order valence-electron chi connectivity index (χ2n) is 7.82. The summed E-state index contributed by atoms with van der Waals surface area (Å²) in [6, 6.07) is 13.3. The summed E-state index contributed by atoms with van der Waals surface area (Å²) in [4.78, 5) is 27.4. The van der Waals surface area contributed by atoms with Gasteiger partial charge in [0.1, 0.15) is 11.6 Å². The molecule has 166 valence electrons. The molecule has 1 heterocycles. The second kappa shape index (κ2) is 10.3. The van der Waals surface area contributed by atoms with Crippen molar-refractivity contribution < 1.29 is 18.7 Å². The van der Waals surface area contributed by atoms with Crippen LogP contribution >= 0.6 is 0 Å². The highest BCUT2D eigenvalue weighted by Crippen LogP contribution is 2.33. The first-order valence-electron chi connectivity index (χ1n) is 10.8. The summed E-state index contributed by atoms with van der Waals surface area (Å²) in [5, 5.41) is 5.97. The summed E-state index contributed by atoms with van der Waals surface area (Å²) in [5.74, 6) is -0.0938. The van der Waals surface area contributed by atoms with E-state index in [1.807, 2.05) is 43.9 Å². The number of carbonyl (C=O) groups excluding carboxylic acids is 2. The van der Waals surface area contributed by atoms with Crippen molar-refractivity contribution in [2.45, 2.75) is 51.8 Å². The van der Waals surface area contributed by atoms with Gasteiger partial charge in [-0.3, -0.25) is 9.59 Å². The predicted octanol–water partition coefficient (Wildman–Crippen LogP) is 3.58. The standard InChI is InChI=1S/C24H30FN3O3/c1-4-19(5-2)27-24(30)22-14-28(20-8-6-7-9-21(20)31-22)15-23(29)26-16(3)17-10-12-18(25)13-11-17/h6-13,16,19,22H,4-5,14-15H2,1-3H3,(H,26,29)(H,27,30). The molecule has 0 saturated carbocycles. The molecule has 0 aliphatic carbocycles. The fourth-order valence-corrected chi connectivity index (χ4v) is 3.68. The van der Waals surface area contributed by atoms with Gasteiger partial charge in [0.25, 0.3) is 5.91 Å². The van der Waals surface area contributed by atoms with E-state index < -0.39 is 6.10 Å². The highest BCUT2D eigenvalue weighted by molar-refractivity contribution is 5.86. The van der Waals surface area contributed by atoms with Gasteiger partial charge in [0.05, 0.1) is 24.8 Å². The zero-order chi connectivity index (χ0) is 22.4. The number of hydrogen-bond donors (Lipinski definition) is 2. The molecular weight excluding hydrogens is 397 g/mol. The van der Waals surface area contributed by atoms with E-state index in [9.17, 15) is 14.0 Å². The summed E-state index contributed by atoms with van der Waals surface area (Å²) in [6.07, 6.45) is 0.996. The molecule has 0 radical (unpaired) electrons. The number of halogens is 1. The van der Waals surface area contributed by atoms with E-state index in [1.54, 1.807) is 18.2 Å². The van der Waals surface area contributed by atoms with Crippen molar-refractivity contribution in [3.63, 3.8) is 0 Å². The number of ether oxygens (including phenoxy) is 1. The van der Waals surface area contributed by atoms with E-state index >= 15 is 0 Å². The average molecular weight is 428 g/mol. The summed E-state index contributed by atoms with van der Waals surface area (Å²) in [5.41, 5.74) is 1.60. The van der Waals surface area contributed by atoms with Gasteiger partial charge in [-0.1, -0.05) is 38.1 Å². The molecule has 0 spiro atoms. The lowest BCUT2D eigenvalue weighted by Gasteiger charge is -2.35. The van der Waals surface area contributed by atoms with Crippen LogP contribution in [0, 0.1) is 5.82 Å². The van der Waals surface area contributed by atoms with Gasteiger partial charge >= 0.3 is 0 Å². The smallest absolute Gasteiger partial charge is 0.263 e. The fraction of sp³-hybridized carbons (Fsp3) is 0.417. The molecule has 6 nitrogen and oxygen atoms in total. The fourth-order valence-electron chi connectivity index (χ4n) is 3.68. The Morgan fingerprint density at radius 1 is 1.10 bits per heavy atom. The number of carbonyl (C=O) groups is 2. The van der Waals surface area contributed by atoms with Crippen molar-refractivity contribution in [3.8, 4) is 5.75 Å². The predicted molar refractivity (Wildman–Crippen MR) is 119 cm³/mol. The number of benzene rings is 2. The molecule has 1 aliphatic heterocycles. The minimum atomic E-state index is -0.696. The van der Waals surface area contributed by atoms with Crippen molar-refractivity contribution in [2.75, 3.05) is 18.0 Å². The lowest BCUT2D eigenvalue weighted by molar-refractivity contribution is -0.129. The van der Waals surface area contributed by atoms with Gasteiger partial charge in [-0.05, 0) is 49.6 Å². The molecule has 3 rings (SSSR count). The summed E-state index contributed by atoms with van der Waals surface area (Å²) in [7, 11) is 0. The third kappa shape index (κ3) is 5.75. The number of anilines is 1. The Morgan fingerprint density at radius 2 is 1.77 bits per heavy atom. The van der Waals surface area contributed by atoms with Crippen LogP contribution in [0.3, 0.4) is 0 Å². The molecular formula is C24H30FN3O3. The van der Waals surface area contributed by atoms with Crippen molar-refractivity contribution in [3.05, 3.63) is 59.9 Å². The van der Waals surface area contributed by atoms with Gasteiger partial charge < -0.3 is 20.3 Å². The Bertz CT molecular complexity index is 899. The van der Waals surface area contributed by atoms with Crippen LogP contribution in [0.1, 0.15) is 45.2 Å². The largest absolute Gasteiger partial charge is 0.477 e. The molecule has 2 unspecified atom stereocenters. The van der Waals surface area contributed by atoms with Crippen LogP contribution in [0.2, 0.25) is 0 Å². The van der Waals surface area contributed by atoms with Gasteiger partial charge in [-0.15, -0.1) is 0 Å². The average Bonchev–Trinajstić information content (AvgIpc) is 2.77. The lowest BCUT2D eigenvalue weighted by Crippen LogP contribution is -2.52. The maximum Gasteiger partial charge on any atom is 0.263 e. The third-order valence-corrected chi connectivity index (χ3v) is 5.57. The maximum atomic E-state index is 13.2. The summed E-state index contributed by atoms with van der Waals surface area (Å²) >= 11 is 0. The highest BCUT2D eigenvalue weighted by Gasteiger charge is 2.32. The van der Waals surface area contributed by atoms with E-state index in [-0.39, 0.29) is 42.8 Å². The number of hydrogen-bond acceptors (Lipinski definition) is 4. The van der Waals surface area contributed by atoms with Crippen molar-refractivity contribution >= 4 is 17.5 Å². The molecule has 2 atom stereocenters. The van der Waals surface area contributed by atoms with Gasteiger partial charge in [0, 0.05) is 6.04 Å². The van der Waals surface area contributed by atoms with Crippen LogP contribution in [0.25, 0.3) is 0 Å². The van der Waals surface area contributed by atoms with E-state index in [0.29, 0.717) is 5.75 Å². The molecule has 2 N–H and O–H groups in total. The highest BCUT2D eigenvalue weighted by atomic mass is 19.1. The van der Waals surface area contributed by atoms with Gasteiger partial charge in [0.15, 0.2) is 6.10 Å². The first kappa shape index (κ1) is 22.6. The second-order valence-corrected chi connectivity index (χ2v) is 7.82. The number of rotatable bonds is 8. The maximum absolute atomic E-state index is 13.2. The third-order valence-electron chi connectivity index (χ3n) is 5.57. The molecule has 0 aromatic heterocycles. The topological polar surface area (TPSA) is 70.7 Å². The molecule has 31 heavy (non-hydrogen) atoms. The molecule has 2 amide bonds. The quantitative estimate of drug-likeness (QED) is 0.676. The van der Waals surface area contributed by atoms with Crippen LogP contribution in [-0.2, 0) is 9.59 Å². The Hall–Kier alpha value is -3.09. The number of amides is 2. The summed E-state index contributed by atoms with van der Waals surface area (Å²) < 4.78 is 19.1. The first-order valence-corrected chi connectivity index (χ1v) is 10.8. The van der Waals surface area contributed by atoms with Gasteiger partial charge in [-0.2, -0.15) is 0 Å². The van der Waals surface area contributed by atoms with Gasteiger partial charge in [-0.25, -0.2) is 4.39 Å². The van der Waals surface area contributed by atoms with E-state index in [2.05, 4.69) is 10.6 Å². The van der Waals surface area contributed by atoms with Crippen molar-refractivity contribution in [1.82, 2.24) is 10.6 Å². The zero-order valence-corrected chi connectivity index (χ0v) is 18.2. The first-order chi connectivity index (χ1) is 14.9. The van der Waals surface area contributed by atoms with Crippen molar-refractivity contribution in [1.29, 1.82) is 0 Å². The lowest BCUT2D eigenvalue weighted by atomic mass is 10.1. The van der Waals surface area contributed by atoms with Crippen LogP contribution < -0.4 is 20.3 Å². The normalized spacial score (nSPS) is 16.3. The monoisotopic (exact) mass is 427 g/mol. The molecule has 0 fully saturated rings. The molecule has 0 bridgehead atoms. The van der Waals surface area contributed by atoms with Crippen molar-refractivity contribution in [2.24, 2.45) is 0 Å². The van der Waals surface area contributed by atoms with Crippen LogP contribution in [0.5, 0.6) is 5.75 Å². The van der Waals surface area contributed by atoms with Crippen LogP contribution in [0.15, 0.2) is 48.5 Å². The number of fused-ring (bicyclic) bond motifs is 1. The minimum absolute atomic E-state index is 0.0840. The molecule has 7 heteroatoms. The molecule has 0 saturated heterocycles. The van der Waals surface area contributed by atoms with E-state index in [0.717, 1.165) is 24.1 Å². The number of nitrogens with one attached hydrogen (secondary N) is 2. The Kier molecular flexibility index (Phi) is 7.50. The Balaban J connectivity index is 1.69. The Labute approximate surface area is 182 Å². The number of para-hydroxylation sites is 2. The number of nitrogens with zero attached hydrogens (tertiary/aromatic N) is 1. The molecule has 1 aliphatic rings. The SMILES string of the molecule is CCC(CC)NC(=O)C1CN(CC(=O)NC(C)c2ccc(F)cc2)c2ccccc2O1. The van der Waals surface area contributed by atoms with E-state index in [4.69, 9.17) is 4.74 Å². The van der Waals surface area contributed by atoms with Gasteiger partial charge in [0.2, 0.25) is 5.91 Å². The zero-order valence-electron chi connectivity index (χ0n) is 18.2. The molecule has 2 aromatic carbocycles. The summed E-state index contributed by atoms with van der Waals surface area (Å²) in [6.45, 7) is 6.28. The van der Waals surface area contributed by atoms with Crippen LogP contribution in [-0.4, -0.2) is 37.0 Å². The van der Waals surface area contributed by atoms with E-state index in [1.165, 1.54) is 12.1 Å².